The van der Waals surface area contributed by atoms with Crippen LogP contribution in [0.1, 0.15) is 21.2 Å². The van der Waals surface area contributed by atoms with Gasteiger partial charge in [-0.15, -0.1) is 11.8 Å². The molecule has 2 aliphatic heterocycles. The van der Waals surface area contributed by atoms with Crippen LogP contribution in [0.15, 0.2) is 50.7 Å². The predicted molar refractivity (Wildman–Crippen MR) is 143 cm³/mol. The van der Waals surface area contributed by atoms with Crippen molar-refractivity contribution in [1.82, 2.24) is 24.6 Å². The maximum atomic E-state index is 13.0. The number of β-lactam (4-membered cyclic amide) rings is 1. The lowest BCUT2D eigenvalue weighted by atomic mass is 10.0. The van der Waals surface area contributed by atoms with Crippen molar-refractivity contribution in [2.75, 3.05) is 11.5 Å². The number of carboxylic acid groups (broad SMARTS) is 2. The van der Waals surface area contributed by atoms with Gasteiger partial charge in [0.15, 0.2) is 28.4 Å². The van der Waals surface area contributed by atoms with Crippen LogP contribution in [0.4, 0.5) is 5.13 Å². The molecule has 19 heteroatoms. The normalized spacial score (nSPS) is 18.8. The lowest BCUT2D eigenvalue weighted by Crippen LogP contribution is -2.71. The molecule has 206 valence electrons. The van der Waals surface area contributed by atoms with E-state index in [1.54, 1.807) is 29.1 Å². The van der Waals surface area contributed by atoms with E-state index in [0.29, 0.717) is 14.9 Å². The molecule has 0 bridgehead atoms. The largest absolute Gasteiger partial charge is 0.477 e. The molecule has 2 aliphatic rings. The van der Waals surface area contributed by atoms with Crippen molar-refractivity contribution in [3.05, 3.63) is 57.6 Å². The number of aliphatic carboxylic acids is 1. The number of hydrogen-bond donors (Lipinski definition) is 5. The summed E-state index contributed by atoms with van der Waals surface area (Å²) < 4.78 is 5.88. The minimum absolute atomic E-state index is 0.0261. The lowest BCUT2D eigenvalue weighted by Gasteiger charge is -2.49. The molecular weight excluding hydrogens is 605 g/mol. The van der Waals surface area contributed by atoms with Gasteiger partial charge < -0.3 is 26.5 Å². The first kappa shape index (κ1) is 27.5. The number of amides is 2. The van der Waals surface area contributed by atoms with Gasteiger partial charge in [-0.05, 0) is 0 Å². The molecule has 0 aromatic carbocycles. The van der Waals surface area contributed by atoms with Crippen molar-refractivity contribution >= 4 is 81.0 Å². The summed E-state index contributed by atoms with van der Waals surface area (Å²) in [7, 11) is 0. The van der Waals surface area contributed by atoms with E-state index in [4.69, 9.17) is 5.73 Å². The first-order valence-electron chi connectivity index (χ1n) is 11.1. The molecule has 5 rings (SSSR count). The molecule has 6 N–H and O–H groups in total. The van der Waals surface area contributed by atoms with Gasteiger partial charge in [0, 0.05) is 34.3 Å². The molecule has 0 radical (unpaired) electrons. The Hall–Kier alpha value is -4.07. The maximum Gasteiger partial charge on any atom is 0.353 e. The standard InChI is InChI=1S/C21H16N8O7S4/c22-20-25-14(27-40-20)10(26-36)15(30)24-11-16(31)29-12(18(32)33)9(7-37-17(11)29)38-21-23-8(13(39-21)19(34)35)6-28-4-2-1-3-5-28/h1-5,11,17H,6-7H2,(H5-,22,24,25,27,30,32,33,34,35,36)/p+1/t11-,17?/m1/s1. The number of pyridine rings is 1. The molecule has 2 atom stereocenters. The summed E-state index contributed by atoms with van der Waals surface area (Å²) in [6, 6.07) is 4.32. The second kappa shape index (κ2) is 11.2. The zero-order valence-electron chi connectivity index (χ0n) is 19.8. The molecule has 2 amide bonds. The van der Waals surface area contributed by atoms with Crippen LogP contribution in [0.2, 0.25) is 0 Å². The number of thioether (sulfide) groups is 2. The number of nitrogens with one attached hydrogen (secondary N) is 1. The zero-order chi connectivity index (χ0) is 28.6. The number of carbonyl (C=O) groups is 4. The van der Waals surface area contributed by atoms with Crippen molar-refractivity contribution in [3.63, 3.8) is 0 Å². The summed E-state index contributed by atoms with van der Waals surface area (Å²) in [5.41, 5.74) is 5.00. The number of nitrogens with two attached hydrogens (primary N) is 1. The fraction of sp³-hybridized carbons (Fsp3) is 0.190. The van der Waals surface area contributed by atoms with Crippen molar-refractivity contribution < 1.29 is 39.2 Å². The minimum Gasteiger partial charge on any atom is -0.477 e. The SMILES string of the molecule is Nc1nc(/C(=N/O)C(=O)N[C@@H]2C(=O)N3C(C(=O)O)=C(Sc4nc(C[n+]5ccccc5)c(C(=O)O)s4)CSC23)ns1. The maximum absolute atomic E-state index is 13.0. The predicted octanol–water partition coefficient (Wildman–Crippen LogP) is 0.278. The first-order valence-corrected chi connectivity index (χ1v) is 14.5. The number of oxime groups is 1. The number of carbonyl (C=O) groups excluding carboxylic acids is 2. The van der Waals surface area contributed by atoms with Crippen LogP contribution in [0.3, 0.4) is 0 Å². The van der Waals surface area contributed by atoms with Crippen LogP contribution in [0.5, 0.6) is 0 Å². The summed E-state index contributed by atoms with van der Waals surface area (Å²) in [6.07, 6.45) is 3.54. The van der Waals surface area contributed by atoms with Gasteiger partial charge in [0.1, 0.15) is 27.7 Å². The number of thiazole rings is 1. The van der Waals surface area contributed by atoms with E-state index in [9.17, 15) is 34.6 Å². The highest BCUT2D eigenvalue weighted by Crippen LogP contribution is 2.46. The second-order valence-electron chi connectivity index (χ2n) is 8.05. The number of hydrogen-bond acceptors (Lipinski definition) is 14. The fourth-order valence-corrected chi connectivity index (χ4v) is 7.95. The molecule has 0 saturated carbocycles. The molecule has 15 nitrogen and oxygen atoms in total. The van der Waals surface area contributed by atoms with Gasteiger partial charge in [-0.3, -0.25) is 14.5 Å². The van der Waals surface area contributed by atoms with Crippen molar-refractivity contribution in [2.24, 2.45) is 5.16 Å². The third-order valence-corrected chi connectivity index (χ3v) is 9.82. The van der Waals surface area contributed by atoms with Gasteiger partial charge in [-0.25, -0.2) is 14.6 Å². The molecule has 1 unspecified atom stereocenters. The zero-order valence-corrected chi connectivity index (χ0v) is 23.1. The Morgan fingerprint density at radius 2 is 1.95 bits per heavy atom. The van der Waals surface area contributed by atoms with E-state index in [1.165, 1.54) is 11.8 Å². The van der Waals surface area contributed by atoms with Crippen molar-refractivity contribution in [1.29, 1.82) is 0 Å². The van der Waals surface area contributed by atoms with Gasteiger partial charge in [0.25, 0.3) is 11.8 Å². The molecule has 5 heterocycles. The number of nitrogens with zero attached hydrogens (tertiary/aromatic N) is 6. The Balaban J connectivity index is 1.35. The lowest BCUT2D eigenvalue weighted by molar-refractivity contribution is -0.688. The van der Waals surface area contributed by atoms with Crippen LogP contribution < -0.4 is 15.6 Å². The molecule has 3 aromatic heterocycles. The van der Waals surface area contributed by atoms with Gasteiger partial charge in [0.2, 0.25) is 11.5 Å². The average Bonchev–Trinajstić information content (AvgIpc) is 3.53. The summed E-state index contributed by atoms with van der Waals surface area (Å²) in [6.45, 7) is 0.204. The molecule has 40 heavy (non-hydrogen) atoms. The van der Waals surface area contributed by atoms with Gasteiger partial charge in [-0.1, -0.05) is 34.3 Å². The van der Waals surface area contributed by atoms with Gasteiger partial charge >= 0.3 is 11.9 Å². The number of aromatic nitrogens is 4. The van der Waals surface area contributed by atoms with Gasteiger partial charge in [0.05, 0.1) is 0 Å². The second-order valence-corrected chi connectivity index (χ2v) is 12.3. The number of rotatable bonds is 9. The number of fused-ring (bicyclic) bond motifs is 1. The Bertz CT molecular complexity index is 1590. The van der Waals surface area contributed by atoms with E-state index in [-0.39, 0.29) is 33.8 Å². The molecular formula is C21H17N8O7S4+. The Morgan fingerprint density at radius 1 is 1.20 bits per heavy atom. The highest BCUT2D eigenvalue weighted by molar-refractivity contribution is 8.07. The minimum atomic E-state index is -1.36. The third-order valence-electron chi connectivity index (χ3n) is 5.58. The number of carboxylic acids is 2. The highest BCUT2D eigenvalue weighted by atomic mass is 32.2. The number of aromatic carboxylic acids is 1. The van der Waals surface area contributed by atoms with Crippen LogP contribution >= 0.6 is 46.4 Å². The van der Waals surface area contributed by atoms with Crippen LogP contribution in [0.25, 0.3) is 0 Å². The highest BCUT2D eigenvalue weighted by Gasteiger charge is 2.54. The quantitative estimate of drug-likeness (QED) is 0.0712. The Kier molecular flexibility index (Phi) is 7.70. The fourth-order valence-electron chi connectivity index (χ4n) is 3.87. The number of nitrogen functional groups attached to an aromatic ring is 1. The summed E-state index contributed by atoms with van der Waals surface area (Å²) in [5, 5.41) is 33.5. The van der Waals surface area contributed by atoms with Crippen LogP contribution in [0, 0.1) is 0 Å². The molecule has 3 aromatic rings. The molecule has 0 spiro atoms. The smallest absolute Gasteiger partial charge is 0.353 e. The molecule has 1 saturated heterocycles. The Morgan fingerprint density at radius 3 is 2.58 bits per heavy atom. The van der Waals surface area contributed by atoms with Crippen molar-refractivity contribution in [2.45, 2.75) is 22.3 Å². The summed E-state index contributed by atoms with van der Waals surface area (Å²) >= 11 is 3.89. The van der Waals surface area contributed by atoms with E-state index in [0.717, 1.165) is 39.5 Å². The topological polar surface area (TPSA) is 225 Å². The van der Waals surface area contributed by atoms with E-state index in [2.05, 4.69) is 24.8 Å². The van der Waals surface area contributed by atoms with Crippen LogP contribution in [-0.4, -0.2) is 81.3 Å². The summed E-state index contributed by atoms with van der Waals surface area (Å²) in [5.74, 6) is -4.20. The van der Waals surface area contributed by atoms with Crippen LogP contribution in [-0.2, 0) is 20.9 Å². The monoisotopic (exact) mass is 621 g/mol. The Labute approximate surface area is 240 Å². The van der Waals surface area contributed by atoms with E-state index < -0.39 is 40.9 Å². The van der Waals surface area contributed by atoms with E-state index >= 15 is 0 Å². The van der Waals surface area contributed by atoms with E-state index in [1.807, 2.05) is 6.07 Å². The molecule has 0 aliphatic carbocycles. The summed E-state index contributed by atoms with van der Waals surface area (Å²) in [4.78, 5) is 59.3. The van der Waals surface area contributed by atoms with Crippen molar-refractivity contribution in [3.8, 4) is 0 Å². The number of anilines is 1. The average molecular weight is 622 g/mol. The molecule has 1 fully saturated rings. The van der Waals surface area contributed by atoms with Gasteiger partial charge in [-0.2, -0.15) is 13.9 Å². The first-order chi connectivity index (χ1) is 19.2. The third kappa shape index (κ3) is 5.22.